The summed E-state index contributed by atoms with van der Waals surface area (Å²) < 4.78 is 28.4. The molecule has 1 aliphatic rings. The molecule has 1 aliphatic heterocycles. The summed E-state index contributed by atoms with van der Waals surface area (Å²) in [7, 11) is 0. The lowest BCUT2D eigenvalue weighted by Gasteiger charge is -2.29. The standard InChI is InChI=1S/C16H12F2INO/c17-14-2-1-3-15(18)13(14)9-20-7-6-10-4-5-11(19)8-12(10)16(20)21/h1-5,8H,6-7,9H2. The minimum atomic E-state index is -0.615. The SMILES string of the molecule is O=C1c2cc(I)ccc2CCN1Cc1c(F)cccc1F. The Balaban J connectivity index is 1.90. The highest BCUT2D eigenvalue weighted by atomic mass is 127. The molecule has 2 nitrogen and oxygen atoms in total. The third-order valence-electron chi connectivity index (χ3n) is 3.65. The largest absolute Gasteiger partial charge is 0.334 e. The molecule has 0 bridgehead atoms. The number of amides is 1. The van der Waals surface area contributed by atoms with E-state index in [1.165, 1.54) is 23.1 Å². The predicted molar refractivity (Wildman–Crippen MR) is 84.0 cm³/mol. The molecule has 0 fully saturated rings. The molecule has 0 aromatic heterocycles. The molecular weight excluding hydrogens is 387 g/mol. The summed E-state index contributed by atoms with van der Waals surface area (Å²) in [5.41, 5.74) is 1.57. The molecule has 0 saturated heterocycles. The number of carbonyl (C=O) groups excluding carboxylic acids is 1. The van der Waals surface area contributed by atoms with E-state index in [1.54, 1.807) is 0 Å². The fourth-order valence-corrected chi connectivity index (χ4v) is 3.01. The molecule has 21 heavy (non-hydrogen) atoms. The molecule has 0 unspecified atom stereocenters. The van der Waals surface area contributed by atoms with Crippen molar-refractivity contribution >= 4 is 28.5 Å². The van der Waals surface area contributed by atoms with Crippen molar-refractivity contribution in [3.05, 3.63) is 68.3 Å². The van der Waals surface area contributed by atoms with Crippen molar-refractivity contribution in [1.82, 2.24) is 4.90 Å². The van der Waals surface area contributed by atoms with Gasteiger partial charge >= 0.3 is 0 Å². The van der Waals surface area contributed by atoms with Gasteiger partial charge in [0, 0.05) is 21.2 Å². The van der Waals surface area contributed by atoms with E-state index in [4.69, 9.17) is 0 Å². The summed E-state index contributed by atoms with van der Waals surface area (Å²) in [5.74, 6) is -1.40. The first-order valence-electron chi connectivity index (χ1n) is 6.57. The minimum Gasteiger partial charge on any atom is -0.334 e. The molecule has 3 rings (SSSR count). The number of nitrogens with zero attached hydrogens (tertiary/aromatic N) is 1. The van der Waals surface area contributed by atoms with Crippen molar-refractivity contribution in [3.8, 4) is 0 Å². The van der Waals surface area contributed by atoms with Crippen LogP contribution in [0.1, 0.15) is 21.5 Å². The number of rotatable bonds is 2. The Labute approximate surface area is 134 Å². The van der Waals surface area contributed by atoms with Gasteiger partial charge in [0.25, 0.3) is 5.91 Å². The second kappa shape index (κ2) is 5.71. The molecule has 0 radical (unpaired) electrons. The first kappa shape index (κ1) is 14.4. The first-order valence-corrected chi connectivity index (χ1v) is 7.65. The van der Waals surface area contributed by atoms with Gasteiger partial charge in [0.05, 0.1) is 6.54 Å². The lowest BCUT2D eigenvalue weighted by molar-refractivity contribution is 0.0723. The van der Waals surface area contributed by atoms with Gasteiger partial charge in [-0.1, -0.05) is 12.1 Å². The average Bonchev–Trinajstić information content (AvgIpc) is 2.46. The summed E-state index contributed by atoms with van der Waals surface area (Å²) in [4.78, 5) is 14.0. The smallest absolute Gasteiger partial charge is 0.254 e. The Morgan fingerprint density at radius 1 is 1.14 bits per heavy atom. The summed E-state index contributed by atoms with van der Waals surface area (Å²) in [6, 6.07) is 9.47. The third kappa shape index (κ3) is 2.79. The van der Waals surface area contributed by atoms with Gasteiger partial charge in [-0.25, -0.2) is 8.78 Å². The van der Waals surface area contributed by atoms with Crippen molar-refractivity contribution in [3.63, 3.8) is 0 Å². The third-order valence-corrected chi connectivity index (χ3v) is 4.32. The van der Waals surface area contributed by atoms with Gasteiger partial charge in [0.15, 0.2) is 0 Å². The lowest BCUT2D eigenvalue weighted by Crippen LogP contribution is -2.37. The fraction of sp³-hybridized carbons (Fsp3) is 0.188. The molecule has 0 aliphatic carbocycles. The zero-order valence-corrected chi connectivity index (χ0v) is 13.2. The van der Waals surface area contributed by atoms with Gasteiger partial charge < -0.3 is 4.90 Å². The van der Waals surface area contributed by atoms with Crippen molar-refractivity contribution in [1.29, 1.82) is 0 Å². The molecule has 0 N–H and O–H groups in total. The number of hydrogen-bond donors (Lipinski definition) is 0. The molecule has 0 atom stereocenters. The van der Waals surface area contributed by atoms with Crippen molar-refractivity contribution < 1.29 is 13.6 Å². The van der Waals surface area contributed by atoms with Crippen molar-refractivity contribution in [2.45, 2.75) is 13.0 Å². The van der Waals surface area contributed by atoms with E-state index in [9.17, 15) is 13.6 Å². The molecule has 108 valence electrons. The van der Waals surface area contributed by atoms with Crippen molar-refractivity contribution in [2.75, 3.05) is 6.54 Å². The summed E-state index contributed by atoms with van der Waals surface area (Å²) >= 11 is 2.15. The van der Waals surface area contributed by atoms with Gasteiger partial charge in [-0.05, 0) is 58.8 Å². The maximum Gasteiger partial charge on any atom is 0.254 e. The minimum absolute atomic E-state index is 0.0394. The quantitative estimate of drug-likeness (QED) is 0.705. The van der Waals surface area contributed by atoms with Crippen molar-refractivity contribution in [2.24, 2.45) is 0 Å². The predicted octanol–water partition coefficient (Wildman–Crippen LogP) is 3.77. The van der Waals surface area contributed by atoms with Gasteiger partial charge in [0.2, 0.25) is 0 Å². The van der Waals surface area contributed by atoms with Crippen LogP contribution in [0.4, 0.5) is 8.78 Å². The van der Waals surface area contributed by atoms with E-state index in [1.807, 2.05) is 18.2 Å². The molecule has 2 aromatic carbocycles. The highest BCUT2D eigenvalue weighted by molar-refractivity contribution is 14.1. The van der Waals surface area contributed by atoms with E-state index in [0.717, 1.165) is 9.13 Å². The summed E-state index contributed by atoms with van der Waals surface area (Å²) in [6.07, 6.45) is 0.702. The van der Waals surface area contributed by atoms with Gasteiger partial charge in [-0.3, -0.25) is 4.79 Å². The van der Waals surface area contributed by atoms with Crippen LogP contribution < -0.4 is 0 Å². The van der Waals surface area contributed by atoms with E-state index >= 15 is 0 Å². The van der Waals surface area contributed by atoms with E-state index in [0.29, 0.717) is 18.5 Å². The lowest BCUT2D eigenvalue weighted by atomic mass is 9.98. The van der Waals surface area contributed by atoms with Gasteiger partial charge in [-0.15, -0.1) is 0 Å². The van der Waals surface area contributed by atoms with Gasteiger partial charge in [0.1, 0.15) is 11.6 Å². The first-order chi connectivity index (χ1) is 10.1. The van der Waals surface area contributed by atoms with Gasteiger partial charge in [-0.2, -0.15) is 0 Å². The maximum atomic E-state index is 13.7. The van der Waals surface area contributed by atoms with Crippen LogP contribution in [-0.4, -0.2) is 17.4 Å². The molecule has 1 heterocycles. The zero-order chi connectivity index (χ0) is 15.0. The van der Waals surface area contributed by atoms with Crippen LogP contribution in [0, 0.1) is 15.2 Å². The van der Waals surface area contributed by atoms with Crippen LogP contribution >= 0.6 is 22.6 Å². The number of halogens is 3. The number of benzene rings is 2. The second-order valence-corrected chi connectivity index (χ2v) is 6.22. The van der Waals surface area contributed by atoms with E-state index in [2.05, 4.69) is 22.6 Å². The Morgan fingerprint density at radius 2 is 1.86 bits per heavy atom. The molecule has 2 aromatic rings. The number of carbonyl (C=O) groups is 1. The zero-order valence-electron chi connectivity index (χ0n) is 11.1. The van der Waals surface area contributed by atoms with Crippen LogP contribution in [-0.2, 0) is 13.0 Å². The average molecular weight is 399 g/mol. The van der Waals surface area contributed by atoms with E-state index < -0.39 is 11.6 Å². The highest BCUT2D eigenvalue weighted by Gasteiger charge is 2.26. The van der Waals surface area contributed by atoms with Crippen LogP contribution in [0.2, 0.25) is 0 Å². The molecule has 5 heteroatoms. The van der Waals surface area contributed by atoms with Crippen LogP contribution in [0.5, 0.6) is 0 Å². The highest BCUT2D eigenvalue weighted by Crippen LogP contribution is 2.24. The topological polar surface area (TPSA) is 20.3 Å². The van der Waals surface area contributed by atoms with E-state index in [-0.39, 0.29) is 18.0 Å². The normalized spacial score (nSPS) is 14.2. The number of fused-ring (bicyclic) bond motifs is 1. The molecular formula is C16H12F2INO. The second-order valence-electron chi connectivity index (χ2n) is 4.98. The molecule has 0 saturated carbocycles. The van der Waals surface area contributed by atoms with Crippen LogP contribution in [0.25, 0.3) is 0 Å². The maximum absolute atomic E-state index is 13.7. The molecule has 1 amide bonds. The Morgan fingerprint density at radius 3 is 2.57 bits per heavy atom. The monoisotopic (exact) mass is 399 g/mol. The summed E-state index contributed by atoms with van der Waals surface area (Å²) in [5, 5.41) is 0. The Hall–Kier alpha value is -1.50. The number of hydrogen-bond acceptors (Lipinski definition) is 1. The molecule has 0 spiro atoms. The Bertz CT molecular complexity index is 697. The summed E-state index contributed by atoms with van der Waals surface area (Å²) in [6.45, 7) is 0.433. The van der Waals surface area contributed by atoms with Crippen LogP contribution in [0.3, 0.4) is 0 Å². The fourth-order valence-electron chi connectivity index (χ4n) is 2.52. The Kier molecular flexibility index (Phi) is 3.93. The van der Waals surface area contributed by atoms with Crippen LogP contribution in [0.15, 0.2) is 36.4 Å².